The molecule has 2 aromatic rings. The summed E-state index contributed by atoms with van der Waals surface area (Å²) in [5.74, 6) is -1.36. The molecule has 0 aliphatic carbocycles. The molecule has 0 amide bonds. The van der Waals surface area contributed by atoms with Crippen LogP contribution in [0.25, 0.3) is 0 Å². The first-order chi connectivity index (χ1) is 9.88. The van der Waals surface area contributed by atoms with Crippen molar-refractivity contribution < 1.29 is 14.6 Å². The normalized spacial score (nSPS) is 10.8. The van der Waals surface area contributed by atoms with Crippen molar-refractivity contribution in [1.82, 2.24) is 29.5 Å². The van der Waals surface area contributed by atoms with E-state index in [1.54, 1.807) is 0 Å². The third-order valence-electron chi connectivity index (χ3n) is 1.98. The first-order valence-corrected chi connectivity index (χ1v) is 5.71. The molecule has 0 atom stereocenters. The molecule has 0 aliphatic rings. The van der Waals surface area contributed by atoms with E-state index in [4.69, 9.17) is 27.9 Å². The maximum absolute atomic E-state index is 10.4. The number of aromatic nitrogens is 6. The number of hydrogen-bond acceptors (Lipinski definition) is 9. The number of nitro groups is 2. The Morgan fingerprint density at radius 2 is 1.33 bits per heavy atom. The molecule has 0 N–H and O–H groups in total. The minimum Gasteiger partial charge on any atom is -0.390 e. The molecular formula is C6H4Cl2N8O5. The Bertz CT molecular complexity index is 639. The van der Waals surface area contributed by atoms with Crippen LogP contribution in [0.2, 0.25) is 10.6 Å². The van der Waals surface area contributed by atoms with E-state index < -0.39 is 21.7 Å². The Morgan fingerprint density at radius 3 is 1.62 bits per heavy atom. The Balaban J connectivity index is 1.98. The van der Waals surface area contributed by atoms with Gasteiger partial charge in [0.05, 0.1) is 0 Å². The molecule has 0 saturated heterocycles. The summed E-state index contributed by atoms with van der Waals surface area (Å²) in [4.78, 5) is 26.0. The van der Waals surface area contributed by atoms with Crippen molar-refractivity contribution in [1.29, 1.82) is 0 Å². The lowest BCUT2D eigenvalue weighted by Crippen LogP contribution is -2.10. The summed E-state index contributed by atoms with van der Waals surface area (Å²) >= 11 is 11.2. The Kier molecular flexibility index (Phi) is 4.25. The lowest BCUT2D eigenvalue weighted by molar-refractivity contribution is -0.394. The van der Waals surface area contributed by atoms with Crippen LogP contribution in [-0.2, 0) is 18.2 Å². The zero-order valence-electron chi connectivity index (χ0n) is 9.79. The monoisotopic (exact) mass is 338 g/mol. The van der Waals surface area contributed by atoms with E-state index in [0.717, 1.165) is 9.36 Å². The molecule has 0 aromatic carbocycles. The van der Waals surface area contributed by atoms with E-state index >= 15 is 0 Å². The molecule has 0 saturated carbocycles. The summed E-state index contributed by atoms with van der Waals surface area (Å²) in [7, 11) is 0. The second-order valence-corrected chi connectivity index (χ2v) is 4.01. The zero-order chi connectivity index (χ0) is 15.6. The highest BCUT2D eigenvalue weighted by Gasteiger charge is 2.22. The first-order valence-electron chi connectivity index (χ1n) is 4.95. The number of halogens is 2. The Hall–Kier alpha value is -2.38. The molecule has 0 unspecified atom stereocenters. The molecule has 2 aromatic heterocycles. The number of nitrogens with zero attached hydrogens (tertiary/aromatic N) is 8. The fourth-order valence-electron chi connectivity index (χ4n) is 1.16. The number of hydrogen-bond donors (Lipinski definition) is 0. The van der Waals surface area contributed by atoms with E-state index in [-0.39, 0.29) is 24.0 Å². The average Bonchev–Trinajstić information content (AvgIpc) is 2.95. The molecule has 13 nitrogen and oxygen atoms in total. The summed E-state index contributed by atoms with van der Waals surface area (Å²) in [5, 5.41) is 27.3. The molecule has 15 heteroatoms. The van der Waals surface area contributed by atoms with Gasteiger partial charge >= 0.3 is 22.5 Å². The van der Waals surface area contributed by atoms with Gasteiger partial charge in [0.25, 0.3) is 0 Å². The second-order valence-electron chi connectivity index (χ2n) is 3.34. The van der Waals surface area contributed by atoms with Crippen molar-refractivity contribution in [3.63, 3.8) is 0 Å². The predicted molar refractivity (Wildman–Crippen MR) is 64.5 cm³/mol. The molecule has 0 fully saturated rings. The van der Waals surface area contributed by atoms with Crippen molar-refractivity contribution in [3.8, 4) is 0 Å². The van der Waals surface area contributed by atoms with Gasteiger partial charge < -0.3 is 25.0 Å². The summed E-state index contributed by atoms with van der Waals surface area (Å²) in [5.41, 5.74) is 0. The van der Waals surface area contributed by atoms with E-state index in [2.05, 4.69) is 20.2 Å². The molecule has 0 bridgehead atoms. The van der Waals surface area contributed by atoms with Crippen LogP contribution in [-0.4, -0.2) is 39.4 Å². The van der Waals surface area contributed by atoms with Crippen LogP contribution >= 0.6 is 23.2 Å². The molecule has 21 heavy (non-hydrogen) atoms. The lowest BCUT2D eigenvalue weighted by Gasteiger charge is -1.99. The molecule has 2 heterocycles. The quantitative estimate of drug-likeness (QED) is 0.543. The van der Waals surface area contributed by atoms with Crippen LogP contribution in [0, 0.1) is 20.2 Å². The van der Waals surface area contributed by atoms with Crippen molar-refractivity contribution in [3.05, 3.63) is 30.8 Å². The van der Waals surface area contributed by atoms with Gasteiger partial charge in [0.15, 0.2) is 13.5 Å². The fourth-order valence-corrected chi connectivity index (χ4v) is 1.48. The standard InChI is InChI=1S/C6H4Cl2N8O5/c7-3-9-5(15(17)18)11-13(3)1-21-2-14-4(8)10-6(12-14)16(19)20/h1-2H2. The lowest BCUT2D eigenvalue weighted by atomic mass is 11.0. The number of ether oxygens (including phenoxy) is 1. The third kappa shape index (κ3) is 3.39. The van der Waals surface area contributed by atoms with E-state index in [9.17, 15) is 20.2 Å². The molecule has 0 radical (unpaired) electrons. The van der Waals surface area contributed by atoms with Gasteiger partial charge in [0.1, 0.15) is 0 Å². The van der Waals surface area contributed by atoms with Gasteiger partial charge in [-0.3, -0.25) is 0 Å². The van der Waals surface area contributed by atoms with Crippen LogP contribution in [0.15, 0.2) is 0 Å². The van der Waals surface area contributed by atoms with E-state index in [1.807, 2.05) is 0 Å². The fraction of sp³-hybridized carbons (Fsp3) is 0.333. The summed E-state index contributed by atoms with van der Waals surface area (Å²) in [6, 6.07) is 0. The minimum absolute atomic E-state index is 0.252. The van der Waals surface area contributed by atoms with Gasteiger partial charge in [0.2, 0.25) is 0 Å². The highest BCUT2D eigenvalue weighted by Crippen LogP contribution is 2.13. The van der Waals surface area contributed by atoms with Crippen molar-refractivity contribution in [2.45, 2.75) is 13.5 Å². The molecule has 112 valence electrons. The van der Waals surface area contributed by atoms with Crippen molar-refractivity contribution in [2.75, 3.05) is 0 Å². The van der Waals surface area contributed by atoms with Gasteiger partial charge in [-0.25, -0.2) is 0 Å². The highest BCUT2D eigenvalue weighted by atomic mass is 35.5. The van der Waals surface area contributed by atoms with Gasteiger partial charge in [-0.15, -0.1) is 9.36 Å². The van der Waals surface area contributed by atoms with Crippen LogP contribution < -0.4 is 0 Å². The van der Waals surface area contributed by atoms with Crippen molar-refractivity contribution in [2.24, 2.45) is 0 Å². The van der Waals surface area contributed by atoms with Crippen LogP contribution in [0.3, 0.4) is 0 Å². The Morgan fingerprint density at radius 1 is 0.952 bits per heavy atom. The highest BCUT2D eigenvalue weighted by molar-refractivity contribution is 6.28. The van der Waals surface area contributed by atoms with Crippen LogP contribution in [0.1, 0.15) is 0 Å². The maximum atomic E-state index is 10.4. The summed E-state index contributed by atoms with van der Waals surface area (Å²) in [6.45, 7) is -0.604. The SMILES string of the molecule is O=[N+]([O-])c1nc(Cl)n(COCn2nc([N+](=O)[O-])nc2Cl)n1. The van der Waals surface area contributed by atoms with Crippen LogP contribution in [0.4, 0.5) is 11.9 Å². The van der Waals surface area contributed by atoms with Gasteiger partial charge in [-0.2, -0.15) is 0 Å². The zero-order valence-corrected chi connectivity index (χ0v) is 11.3. The van der Waals surface area contributed by atoms with Gasteiger partial charge in [-0.1, -0.05) is 0 Å². The predicted octanol–water partition coefficient (Wildman–Crippen LogP) is 0.625. The topological polar surface area (TPSA) is 157 Å². The number of rotatable bonds is 6. The minimum atomic E-state index is -0.819. The maximum Gasteiger partial charge on any atom is 0.492 e. The van der Waals surface area contributed by atoms with E-state index in [0.29, 0.717) is 0 Å². The largest absolute Gasteiger partial charge is 0.492 e. The molecular weight excluding hydrogens is 335 g/mol. The van der Waals surface area contributed by atoms with Crippen LogP contribution in [0.5, 0.6) is 0 Å². The molecule has 2 rings (SSSR count). The third-order valence-corrected chi connectivity index (χ3v) is 2.54. The summed E-state index contributed by atoms with van der Waals surface area (Å²) in [6.07, 6.45) is 0. The smallest absolute Gasteiger partial charge is 0.390 e. The van der Waals surface area contributed by atoms with Crippen molar-refractivity contribution >= 4 is 35.1 Å². The second kappa shape index (κ2) is 5.94. The summed E-state index contributed by atoms with van der Waals surface area (Å²) < 4.78 is 6.89. The first kappa shape index (κ1) is 15.0. The Labute approximate surface area is 124 Å². The van der Waals surface area contributed by atoms with Gasteiger partial charge in [-0.05, 0) is 43.0 Å². The average molecular weight is 339 g/mol. The van der Waals surface area contributed by atoms with E-state index in [1.165, 1.54) is 0 Å². The van der Waals surface area contributed by atoms with Gasteiger partial charge in [0, 0.05) is 10.2 Å². The molecule has 0 spiro atoms. The molecule has 0 aliphatic heterocycles.